The first-order valence-electron chi connectivity index (χ1n) is 11.7. The normalized spacial score (nSPS) is 23.8. The van der Waals surface area contributed by atoms with Crippen molar-refractivity contribution < 1.29 is 33.3 Å². The smallest absolute Gasteiger partial charge is 0.303 e. The maximum Gasteiger partial charge on any atom is 0.303 e. The number of benzene rings is 2. The summed E-state index contributed by atoms with van der Waals surface area (Å²) in [5.41, 5.74) is 1.90. The molecule has 1 N–H and O–H groups in total. The predicted molar refractivity (Wildman–Crippen MR) is 128 cm³/mol. The van der Waals surface area contributed by atoms with Crippen LogP contribution in [0.2, 0.25) is 0 Å². The number of hydrogen-bond donors (Lipinski definition) is 1. The van der Waals surface area contributed by atoms with E-state index in [1.165, 1.54) is 20.8 Å². The first-order valence-corrected chi connectivity index (χ1v) is 11.7. The molecule has 1 amide bonds. The van der Waals surface area contributed by atoms with E-state index in [2.05, 4.69) is 5.32 Å². The monoisotopic (exact) mass is 483 g/mol. The van der Waals surface area contributed by atoms with Crippen molar-refractivity contribution in [3.8, 4) is 0 Å². The van der Waals surface area contributed by atoms with Gasteiger partial charge in [0, 0.05) is 26.7 Å². The topological polar surface area (TPSA) is 100 Å². The Hall–Kier alpha value is -3.23. The second-order valence-electron chi connectivity index (χ2n) is 8.70. The van der Waals surface area contributed by atoms with Gasteiger partial charge in [0.05, 0.1) is 25.9 Å². The average molecular weight is 484 g/mol. The Balaban J connectivity index is 1.92. The number of hydrogen-bond acceptors (Lipinski definition) is 7. The van der Waals surface area contributed by atoms with E-state index in [1.807, 2.05) is 60.7 Å². The summed E-state index contributed by atoms with van der Waals surface area (Å²) in [6.45, 7) is 4.66. The van der Waals surface area contributed by atoms with Crippen LogP contribution in [0, 0.1) is 5.92 Å². The average Bonchev–Trinajstić information content (AvgIpc) is 2.82. The molecule has 1 aliphatic carbocycles. The van der Waals surface area contributed by atoms with Gasteiger partial charge < -0.3 is 24.3 Å². The van der Waals surface area contributed by atoms with Crippen molar-refractivity contribution in [3.63, 3.8) is 0 Å². The minimum absolute atomic E-state index is 0.0277. The van der Waals surface area contributed by atoms with Gasteiger partial charge in [-0.15, -0.1) is 0 Å². The molecule has 2 aromatic rings. The van der Waals surface area contributed by atoms with E-state index in [-0.39, 0.29) is 25.7 Å². The molecule has 0 radical (unpaired) electrons. The highest BCUT2D eigenvalue weighted by Crippen LogP contribution is 2.34. The number of carbonyl (C=O) groups excluding carboxylic acids is 3. The van der Waals surface area contributed by atoms with E-state index >= 15 is 0 Å². The molecule has 0 spiro atoms. The molecule has 1 fully saturated rings. The van der Waals surface area contributed by atoms with Gasteiger partial charge in [0.2, 0.25) is 5.91 Å². The highest BCUT2D eigenvalue weighted by atomic mass is 16.6. The molecular weight excluding hydrogens is 450 g/mol. The van der Waals surface area contributed by atoms with Crippen LogP contribution in [0.1, 0.15) is 38.3 Å². The van der Waals surface area contributed by atoms with Crippen LogP contribution in [0.5, 0.6) is 0 Å². The minimum Gasteiger partial charge on any atom is -0.465 e. The van der Waals surface area contributed by atoms with Crippen LogP contribution >= 0.6 is 0 Å². The Morgan fingerprint density at radius 2 is 1.31 bits per heavy atom. The Morgan fingerprint density at radius 1 is 0.771 bits per heavy atom. The van der Waals surface area contributed by atoms with Gasteiger partial charge in [0.1, 0.15) is 18.3 Å². The van der Waals surface area contributed by atoms with Crippen molar-refractivity contribution in [2.24, 2.45) is 5.92 Å². The molecule has 1 saturated carbocycles. The molecule has 0 heterocycles. The highest BCUT2D eigenvalue weighted by molar-refractivity contribution is 5.73. The lowest BCUT2D eigenvalue weighted by Crippen LogP contribution is -2.62. The van der Waals surface area contributed by atoms with E-state index in [4.69, 9.17) is 18.9 Å². The maximum atomic E-state index is 12.1. The van der Waals surface area contributed by atoms with E-state index in [0.717, 1.165) is 11.1 Å². The van der Waals surface area contributed by atoms with Gasteiger partial charge in [-0.2, -0.15) is 0 Å². The summed E-state index contributed by atoms with van der Waals surface area (Å²) in [6, 6.07) is 18.8. The van der Waals surface area contributed by atoms with Crippen molar-refractivity contribution in [2.45, 2.75) is 64.8 Å². The van der Waals surface area contributed by atoms with Crippen LogP contribution in [-0.2, 0) is 46.5 Å². The van der Waals surface area contributed by atoms with Crippen LogP contribution in [-0.4, -0.2) is 48.8 Å². The Labute approximate surface area is 205 Å². The SMILES string of the molecule is CC(=O)N[C@H]1C[C@H](COC(C)=O)[C@@H](OC(C)=O)[C@H](OCc2ccccc2)[C@H]1OCc1ccccc1. The zero-order valence-corrected chi connectivity index (χ0v) is 20.3. The number of rotatable bonds is 10. The van der Waals surface area contributed by atoms with Crippen molar-refractivity contribution in [3.05, 3.63) is 71.8 Å². The summed E-state index contributed by atoms with van der Waals surface area (Å²) >= 11 is 0. The van der Waals surface area contributed by atoms with Crippen LogP contribution in [0.3, 0.4) is 0 Å². The molecule has 0 aromatic heterocycles. The van der Waals surface area contributed by atoms with Crippen molar-refractivity contribution in [1.29, 1.82) is 0 Å². The zero-order valence-electron chi connectivity index (χ0n) is 20.3. The van der Waals surface area contributed by atoms with Crippen LogP contribution in [0.4, 0.5) is 0 Å². The van der Waals surface area contributed by atoms with Crippen LogP contribution in [0.25, 0.3) is 0 Å². The number of ether oxygens (including phenoxy) is 4. The fourth-order valence-corrected chi connectivity index (χ4v) is 4.36. The molecule has 3 rings (SSSR count). The first kappa shape index (κ1) is 26.4. The van der Waals surface area contributed by atoms with Crippen LogP contribution in [0.15, 0.2) is 60.7 Å². The fraction of sp³-hybridized carbons (Fsp3) is 0.444. The van der Waals surface area contributed by atoms with Crippen LogP contribution < -0.4 is 5.32 Å². The number of nitrogens with one attached hydrogen (secondary N) is 1. The van der Waals surface area contributed by atoms with Gasteiger partial charge in [0.25, 0.3) is 0 Å². The van der Waals surface area contributed by atoms with E-state index < -0.39 is 42.2 Å². The Kier molecular flexibility index (Phi) is 9.81. The quantitative estimate of drug-likeness (QED) is 0.518. The summed E-state index contributed by atoms with van der Waals surface area (Å²) < 4.78 is 23.7. The molecule has 0 bridgehead atoms. The largest absolute Gasteiger partial charge is 0.465 e. The molecule has 0 aliphatic heterocycles. The highest BCUT2D eigenvalue weighted by Gasteiger charge is 2.49. The van der Waals surface area contributed by atoms with Gasteiger partial charge >= 0.3 is 11.9 Å². The lowest BCUT2D eigenvalue weighted by Gasteiger charge is -2.45. The Morgan fingerprint density at radius 3 is 1.80 bits per heavy atom. The molecule has 35 heavy (non-hydrogen) atoms. The van der Waals surface area contributed by atoms with E-state index in [9.17, 15) is 14.4 Å². The first-order chi connectivity index (χ1) is 16.8. The van der Waals surface area contributed by atoms with E-state index in [1.54, 1.807) is 0 Å². The lowest BCUT2D eigenvalue weighted by molar-refractivity contribution is -0.203. The predicted octanol–water partition coefficient (Wildman–Crippen LogP) is 3.18. The van der Waals surface area contributed by atoms with Gasteiger partial charge in [0.15, 0.2) is 0 Å². The summed E-state index contributed by atoms with van der Waals surface area (Å²) in [4.78, 5) is 35.7. The van der Waals surface area contributed by atoms with Gasteiger partial charge in [-0.1, -0.05) is 60.7 Å². The summed E-state index contributed by atoms with van der Waals surface area (Å²) in [7, 11) is 0. The molecule has 8 heteroatoms. The second kappa shape index (κ2) is 13.0. The molecule has 0 saturated heterocycles. The third-order valence-electron chi connectivity index (χ3n) is 5.83. The third kappa shape index (κ3) is 8.19. The van der Waals surface area contributed by atoms with Crippen molar-refractivity contribution in [2.75, 3.05) is 6.61 Å². The molecule has 0 unspecified atom stereocenters. The summed E-state index contributed by atoms with van der Waals surface area (Å²) in [6.07, 6.45) is -1.67. The fourth-order valence-electron chi connectivity index (χ4n) is 4.36. The number of carbonyl (C=O) groups is 3. The van der Waals surface area contributed by atoms with Crippen molar-refractivity contribution in [1.82, 2.24) is 5.32 Å². The standard InChI is InChI=1S/C27H33NO7/c1-18(29)28-24-14-23(17-32-19(2)30)25(35-20(3)31)27(34-16-22-12-8-5-9-13-22)26(24)33-15-21-10-6-4-7-11-21/h4-13,23-27H,14-17H2,1-3H3,(H,28,29)/t23-,24+,25-,26+,27+/m1/s1. The summed E-state index contributed by atoms with van der Waals surface area (Å²) in [5, 5.41) is 2.96. The Bertz CT molecular complexity index is 966. The minimum atomic E-state index is -0.735. The third-order valence-corrected chi connectivity index (χ3v) is 5.83. The molecule has 188 valence electrons. The number of esters is 2. The van der Waals surface area contributed by atoms with Crippen molar-refractivity contribution >= 4 is 17.8 Å². The van der Waals surface area contributed by atoms with Gasteiger partial charge in [-0.3, -0.25) is 14.4 Å². The zero-order chi connectivity index (χ0) is 25.2. The molecule has 5 atom stereocenters. The molecular formula is C27H33NO7. The molecule has 2 aromatic carbocycles. The van der Waals surface area contributed by atoms with E-state index in [0.29, 0.717) is 6.42 Å². The summed E-state index contributed by atoms with van der Waals surface area (Å²) in [5.74, 6) is -1.53. The second-order valence-corrected chi connectivity index (χ2v) is 8.70. The lowest BCUT2D eigenvalue weighted by atomic mass is 9.79. The van der Waals surface area contributed by atoms with Gasteiger partial charge in [-0.05, 0) is 17.5 Å². The molecule has 8 nitrogen and oxygen atoms in total. The number of amides is 1. The van der Waals surface area contributed by atoms with Gasteiger partial charge in [-0.25, -0.2) is 0 Å². The molecule has 1 aliphatic rings. The maximum absolute atomic E-state index is 12.1.